The van der Waals surface area contributed by atoms with E-state index in [2.05, 4.69) is 10.3 Å². The molecule has 3 rings (SSSR count). The fraction of sp³-hybridized carbons (Fsp3) is 0.385. The number of benzene rings is 1. The maximum absolute atomic E-state index is 12.6. The van der Waals surface area contributed by atoms with Gasteiger partial charge in [-0.05, 0) is 19.9 Å². The first-order chi connectivity index (χ1) is 9.54. The van der Waals surface area contributed by atoms with Crippen LogP contribution in [0.5, 0.6) is 11.5 Å². The summed E-state index contributed by atoms with van der Waals surface area (Å²) in [7, 11) is 1.75. The van der Waals surface area contributed by atoms with E-state index in [-0.39, 0.29) is 39.0 Å². The topological polar surface area (TPSA) is 87.4 Å². The fourth-order valence-corrected chi connectivity index (χ4v) is 2.54. The van der Waals surface area contributed by atoms with Crippen LogP contribution < -0.4 is 10.9 Å². The predicted octanol–water partition coefficient (Wildman–Crippen LogP) is 1.52. The first-order valence-electron chi connectivity index (χ1n) is 6.34. The summed E-state index contributed by atoms with van der Waals surface area (Å²) in [6, 6.07) is 1.29. The van der Waals surface area contributed by atoms with Crippen LogP contribution in [0.3, 0.4) is 0 Å². The number of aromatic hydroxyl groups is 2. The van der Waals surface area contributed by atoms with Gasteiger partial charge in [-0.2, -0.15) is 0 Å². The summed E-state index contributed by atoms with van der Waals surface area (Å²) in [5.74, 6) is -0.00737. The molecule has 20 heavy (non-hydrogen) atoms. The highest BCUT2D eigenvalue weighted by Gasteiger charge is 2.29. The Hall–Kier alpha value is -1.79. The Balaban J connectivity index is 2.41. The zero-order valence-electron chi connectivity index (χ0n) is 10.9. The molecule has 0 saturated heterocycles. The Kier molecular flexibility index (Phi) is 3.07. The SMILES string of the molecule is CNCc1nc2c(O)c(Cl)cc(O)c2c(=O)n1C1CC1. The normalized spacial score (nSPS) is 14.9. The summed E-state index contributed by atoms with van der Waals surface area (Å²) in [6.45, 7) is 0.397. The number of hydrogen-bond donors (Lipinski definition) is 3. The lowest BCUT2D eigenvalue weighted by molar-refractivity contribution is 0.466. The molecule has 1 heterocycles. The third kappa shape index (κ3) is 1.92. The average molecular weight is 296 g/mol. The molecule has 0 aliphatic heterocycles. The summed E-state index contributed by atoms with van der Waals surface area (Å²) < 4.78 is 1.59. The Morgan fingerprint density at radius 2 is 2.20 bits per heavy atom. The molecule has 1 saturated carbocycles. The molecule has 3 N–H and O–H groups in total. The molecule has 1 aliphatic rings. The second-order valence-corrected chi connectivity index (χ2v) is 5.32. The van der Waals surface area contributed by atoms with E-state index in [1.54, 1.807) is 11.6 Å². The highest BCUT2D eigenvalue weighted by Crippen LogP contribution is 2.38. The summed E-state index contributed by atoms with van der Waals surface area (Å²) in [4.78, 5) is 16.9. The summed E-state index contributed by atoms with van der Waals surface area (Å²) in [5.41, 5.74) is -0.297. The first kappa shape index (κ1) is 13.2. The molecular formula is C13H14ClN3O3. The van der Waals surface area contributed by atoms with Crippen LogP contribution in [0.4, 0.5) is 0 Å². The first-order valence-corrected chi connectivity index (χ1v) is 6.72. The molecule has 2 aromatic rings. The Bertz CT molecular complexity index is 753. The number of halogens is 1. The molecule has 7 heteroatoms. The lowest BCUT2D eigenvalue weighted by atomic mass is 10.2. The molecule has 1 aromatic carbocycles. The van der Waals surface area contributed by atoms with Crippen molar-refractivity contribution in [1.82, 2.24) is 14.9 Å². The van der Waals surface area contributed by atoms with Crippen molar-refractivity contribution in [1.29, 1.82) is 0 Å². The van der Waals surface area contributed by atoms with Crippen LogP contribution in [0.1, 0.15) is 24.7 Å². The monoisotopic (exact) mass is 295 g/mol. The summed E-state index contributed by atoms with van der Waals surface area (Å²) in [5, 5.41) is 22.8. The molecule has 1 aromatic heterocycles. The van der Waals surface area contributed by atoms with Crippen molar-refractivity contribution in [3.8, 4) is 11.5 Å². The molecule has 0 atom stereocenters. The van der Waals surface area contributed by atoms with Crippen molar-refractivity contribution in [2.75, 3.05) is 7.05 Å². The van der Waals surface area contributed by atoms with Crippen LogP contribution >= 0.6 is 11.6 Å². The molecule has 1 fully saturated rings. The van der Waals surface area contributed by atoms with E-state index in [0.29, 0.717) is 12.4 Å². The van der Waals surface area contributed by atoms with Crippen LogP contribution in [0, 0.1) is 0 Å². The number of nitrogens with one attached hydrogen (secondary N) is 1. The molecule has 0 spiro atoms. The minimum Gasteiger partial charge on any atom is -0.507 e. The van der Waals surface area contributed by atoms with Gasteiger partial charge in [0.15, 0.2) is 5.75 Å². The van der Waals surface area contributed by atoms with E-state index in [4.69, 9.17) is 11.6 Å². The van der Waals surface area contributed by atoms with Crippen molar-refractivity contribution < 1.29 is 10.2 Å². The quantitative estimate of drug-likeness (QED) is 0.747. The van der Waals surface area contributed by atoms with Crippen molar-refractivity contribution in [3.63, 3.8) is 0 Å². The van der Waals surface area contributed by atoms with Crippen LogP contribution in [0.2, 0.25) is 5.02 Å². The van der Waals surface area contributed by atoms with E-state index >= 15 is 0 Å². The van der Waals surface area contributed by atoms with Gasteiger partial charge in [-0.15, -0.1) is 0 Å². The zero-order chi connectivity index (χ0) is 14.4. The molecule has 6 nitrogen and oxygen atoms in total. The number of phenolic OH excluding ortho intramolecular Hbond substituents is 2. The molecule has 106 valence electrons. The van der Waals surface area contributed by atoms with Gasteiger partial charge in [-0.25, -0.2) is 4.98 Å². The van der Waals surface area contributed by atoms with Gasteiger partial charge < -0.3 is 15.5 Å². The average Bonchev–Trinajstić information content (AvgIpc) is 3.20. The second-order valence-electron chi connectivity index (χ2n) is 4.91. The van der Waals surface area contributed by atoms with Gasteiger partial charge >= 0.3 is 0 Å². The Morgan fingerprint density at radius 3 is 2.80 bits per heavy atom. The molecule has 0 radical (unpaired) electrons. The van der Waals surface area contributed by atoms with Gasteiger partial charge in [0.1, 0.15) is 22.5 Å². The van der Waals surface area contributed by atoms with Crippen molar-refractivity contribution in [2.24, 2.45) is 0 Å². The molecular weight excluding hydrogens is 282 g/mol. The number of hydrogen-bond acceptors (Lipinski definition) is 5. The van der Waals surface area contributed by atoms with Gasteiger partial charge in [0, 0.05) is 12.1 Å². The smallest absolute Gasteiger partial charge is 0.265 e. The maximum atomic E-state index is 12.6. The third-order valence-electron chi connectivity index (χ3n) is 3.41. The summed E-state index contributed by atoms with van der Waals surface area (Å²) >= 11 is 5.81. The van der Waals surface area contributed by atoms with Crippen molar-refractivity contribution >= 4 is 22.5 Å². The molecule has 0 unspecified atom stereocenters. The minimum absolute atomic E-state index is 0.0126. The summed E-state index contributed by atoms with van der Waals surface area (Å²) in [6.07, 6.45) is 1.84. The third-order valence-corrected chi connectivity index (χ3v) is 3.69. The molecule has 0 bridgehead atoms. The zero-order valence-corrected chi connectivity index (χ0v) is 11.6. The highest BCUT2D eigenvalue weighted by atomic mass is 35.5. The van der Waals surface area contributed by atoms with Crippen LogP contribution in [0.15, 0.2) is 10.9 Å². The predicted molar refractivity (Wildman–Crippen MR) is 75.4 cm³/mol. The van der Waals surface area contributed by atoms with E-state index in [1.807, 2.05) is 0 Å². The van der Waals surface area contributed by atoms with Gasteiger partial charge in [0.25, 0.3) is 5.56 Å². The van der Waals surface area contributed by atoms with Crippen molar-refractivity contribution in [3.05, 3.63) is 27.3 Å². The highest BCUT2D eigenvalue weighted by molar-refractivity contribution is 6.33. The number of fused-ring (bicyclic) bond motifs is 1. The minimum atomic E-state index is -0.341. The Labute approximate surface area is 119 Å². The van der Waals surface area contributed by atoms with Crippen LogP contribution in [-0.4, -0.2) is 26.8 Å². The van der Waals surface area contributed by atoms with Gasteiger partial charge in [-0.3, -0.25) is 9.36 Å². The fourth-order valence-electron chi connectivity index (χ4n) is 2.35. The van der Waals surface area contributed by atoms with Gasteiger partial charge in [0.05, 0.1) is 11.6 Å². The number of phenols is 2. The maximum Gasteiger partial charge on any atom is 0.265 e. The molecule has 0 amide bonds. The largest absolute Gasteiger partial charge is 0.507 e. The number of aromatic nitrogens is 2. The Morgan fingerprint density at radius 1 is 1.50 bits per heavy atom. The van der Waals surface area contributed by atoms with E-state index < -0.39 is 0 Å². The van der Waals surface area contributed by atoms with Crippen LogP contribution in [0.25, 0.3) is 10.9 Å². The lowest BCUT2D eigenvalue weighted by Gasteiger charge is -2.14. The molecule has 1 aliphatic carbocycles. The van der Waals surface area contributed by atoms with Crippen LogP contribution in [-0.2, 0) is 6.54 Å². The van der Waals surface area contributed by atoms with E-state index in [1.165, 1.54) is 0 Å². The van der Waals surface area contributed by atoms with Crippen molar-refractivity contribution in [2.45, 2.75) is 25.4 Å². The standard InChI is InChI=1S/C13H14ClN3O3/c1-15-5-9-16-11-10(8(18)4-7(14)12(11)19)13(20)17(9)6-2-3-6/h4,6,15,18-19H,2-3,5H2,1H3. The van der Waals surface area contributed by atoms with Gasteiger partial charge in [-0.1, -0.05) is 11.6 Å². The number of rotatable bonds is 3. The number of nitrogens with zero attached hydrogens (tertiary/aromatic N) is 2. The van der Waals surface area contributed by atoms with E-state index in [0.717, 1.165) is 18.9 Å². The lowest BCUT2D eigenvalue weighted by Crippen LogP contribution is -2.27. The van der Waals surface area contributed by atoms with E-state index in [9.17, 15) is 15.0 Å². The van der Waals surface area contributed by atoms with Gasteiger partial charge in [0.2, 0.25) is 0 Å². The second kappa shape index (κ2) is 4.64.